The van der Waals surface area contributed by atoms with E-state index < -0.39 is 0 Å². The molecule has 0 atom stereocenters. The Bertz CT molecular complexity index is 1190. The Kier molecular flexibility index (Phi) is 6.54. The summed E-state index contributed by atoms with van der Waals surface area (Å²) in [6, 6.07) is 10.5. The molecular formula is C26H30N4S. The van der Waals surface area contributed by atoms with Gasteiger partial charge < -0.3 is 10.6 Å². The van der Waals surface area contributed by atoms with Gasteiger partial charge >= 0.3 is 0 Å². The van der Waals surface area contributed by atoms with Crippen molar-refractivity contribution in [2.45, 2.75) is 26.7 Å². The highest BCUT2D eigenvalue weighted by atomic mass is 32.1. The molecule has 0 aliphatic carbocycles. The molecule has 1 saturated heterocycles. The molecule has 31 heavy (non-hydrogen) atoms. The van der Waals surface area contributed by atoms with Gasteiger partial charge in [0.25, 0.3) is 0 Å². The number of aromatic nitrogens is 2. The predicted molar refractivity (Wildman–Crippen MR) is 134 cm³/mol. The first kappa shape index (κ1) is 21.3. The Morgan fingerprint density at radius 2 is 2.03 bits per heavy atom. The molecule has 3 heterocycles. The molecule has 0 unspecified atom stereocenters. The standard InChI is InChI=1S/C26H30N4S/c1-17(21-12-14-27-15-13-21)10-11-24-19(3)26(30-29-24)20(4)28-23-8-5-7-22(18(23)2)25-9-6-16-31-25/h5-11,16,21,27-29H,3-4,12-15H2,1-2H3/b17-10+,24-11+. The molecule has 1 aliphatic heterocycles. The first-order valence-corrected chi connectivity index (χ1v) is 11.6. The molecule has 0 radical (unpaired) electrons. The van der Waals surface area contributed by atoms with Crippen LogP contribution in [0.4, 0.5) is 5.69 Å². The number of benzene rings is 1. The minimum atomic E-state index is 0.656. The molecule has 0 bridgehead atoms. The minimum Gasteiger partial charge on any atom is -0.354 e. The maximum Gasteiger partial charge on any atom is 0.115 e. The molecule has 5 heteroatoms. The zero-order valence-corrected chi connectivity index (χ0v) is 19.1. The van der Waals surface area contributed by atoms with Crippen molar-refractivity contribution in [3.8, 4) is 10.4 Å². The van der Waals surface area contributed by atoms with Gasteiger partial charge in [-0.2, -0.15) is 5.10 Å². The number of rotatable bonds is 6. The van der Waals surface area contributed by atoms with E-state index in [2.05, 4.69) is 95.7 Å². The van der Waals surface area contributed by atoms with Gasteiger partial charge in [0.1, 0.15) is 5.69 Å². The van der Waals surface area contributed by atoms with Crippen molar-refractivity contribution in [2.24, 2.45) is 5.92 Å². The summed E-state index contributed by atoms with van der Waals surface area (Å²) in [5.41, 5.74) is 6.38. The van der Waals surface area contributed by atoms with Crippen LogP contribution in [-0.2, 0) is 0 Å². The van der Waals surface area contributed by atoms with Crippen molar-refractivity contribution in [3.63, 3.8) is 0 Å². The topological polar surface area (TPSA) is 52.7 Å². The molecule has 1 fully saturated rings. The quantitative estimate of drug-likeness (QED) is 0.533. The number of nitrogens with one attached hydrogen (secondary N) is 3. The van der Waals surface area contributed by atoms with Gasteiger partial charge in [0.15, 0.2) is 0 Å². The van der Waals surface area contributed by atoms with Crippen LogP contribution < -0.4 is 21.2 Å². The average molecular weight is 431 g/mol. The van der Waals surface area contributed by atoms with Gasteiger partial charge in [0.2, 0.25) is 0 Å². The van der Waals surface area contributed by atoms with Crippen LogP contribution in [0.25, 0.3) is 28.8 Å². The lowest BCUT2D eigenvalue weighted by molar-refractivity contribution is 0.420. The summed E-state index contributed by atoms with van der Waals surface area (Å²) in [6.07, 6.45) is 6.69. The van der Waals surface area contributed by atoms with Crippen LogP contribution in [0.1, 0.15) is 31.0 Å². The fourth-order valence-corrected chi connectivity index (χ4v) is 4.89. The normalized spacial score (nSPS) is 15.9. The fraction of sp³-hybridized carbons (Fsp3) is 0.269. The SMILES string of the molecule is C=C(Nc1cccc(-c2cccs2)c1C)c1n[nH]/c(=C/C=C(\C)C2CCNCC2)c1=C. The van der Waals surface area contributed by atoms with E-state index in [4.69, 9.17) is 0 Å². The number of hydrogen-bond acceptors (Lipinski definition) is 4. The third-order valence-corrected chi connectivity index (χ3v) is 6.99. The van der Waals surface area contributed by atoms with Crippen molar-refractivity contribution >= 4 is 35.4 Å². The predicted octanol–water partition coefficient (Wildman–Crippen LogP) is 4.67. The lowest BCUT2D eigenvalue weighted by atomic mass is 9.91. The highest BCUT2D eigenvalue weighted by Crippen LogP contribution is 2.32. The largest absolute Gasteiger partial charge is 0.354 e. The first-order chi connectivity index (χ1) is 15.0. The maximum absolute atomic E-state index is 4.49. The molecule has 0 amide bonds. The van der Waals surface area contributed by atoms with Crippen LogP contribution in [-0.4, -0.2) is 23.3 Å². The van der Waals surface area contributed by atoms with Crippen molar-refractivity contribution in [1.82, 2.24) is 15.5 Å². The van der Waals surface area contributed by atoms with Gasteiger partial charge in [-0.15, -0.1) is 11.3 Å². The molecule has 4 rings (SSSR count). The number of anilines is 1. The zero-order chi connectivity index (χ0) is 21.8. The summed E-state index contributed by atoms with van der Waals surface area (Å²) < 4.78 is 0. The van der Waals surface area contributed by atoms with E-state index in [1.807, 2.05) is 0 Å². The molecule has 1 aliphatic rings. The highest BCUT2D eigenvalue weighted by Gasteiger charge is 2.14. The number of allylic oxidation sites excluding steroid dienone is 2. The lowest BCUT2D eigenvalue weighted by Gasteiger charge is -2.23. The summed E-state index contributed by atoms with van der Waals surface area (Å²) in [5.74, 6) is 0.656. The fourth-order valence-electron chi connectivity index (χ4n) is 4.09. The average Bonchev–Trinajstić information content (AvgIpc) is 3.44. The summed E-state index contributed by atoms with van der Waals surface area (Å²) in [4.78, 5) is 1.26. The third kappa shape index (κ3) is 4.73. The second-order valence-electron chi connectivity index (χ2n) is 8.13. The van der Waals surface area contributed by atoms with Gasteiger partial charge in [-0.1, -0.05) is 43.0 Å². The molecule has 3 N–H and O–H groups in total. The number of hydrogen-bond donors (Lipinski definition) is 3. The highest BCUT2D eigenvalue weighted by molar-refractivity contribution is 7.13. The molecule has 1 aromatic carbocycles. The molecule has 160 valence electrons. The second kappa shape index (κ2) is 9.50. The van der Waals surface area contributed by atoms with Crippen LogP contribution in [0.15, 0.2) is 53.9 Å². The Balaban J connectivity index is 1.54. The Morgan fingerprint density at radius 3 is 2.77 bits per heavy atom. The number of nitrogens with zero attached hydrogens (tertiary/aromatic N) is 1. The van der Waals surface area contributed by atoms with Crippen LogP contribution in [0.5, 0.6) is 0 Å². The number of H-pyrrole nitrogens is 1. The van der Waals surface area contributed by atoms with Crippen molar-refractivity contribution < 1.29 is 0 Å². The van der Waals surface area contributed by atoms with Crippen LogP contribution >= 0.6 is 11.3 Å². The number of thiophene rings is 1. The van der Waals surface area contributed by atoms with Crippen LogP contribution in [0.3, 0.4) is 0 Å². The molecule has 0 spiro atoms. The molecule has 0 saturated carbocycles. The van der Waals surface area contributed by atoms with Gasteiger partial charge in [0, 0.05) is 15.8 Å². The molecule has 3 aromatic rings. The van der Waals surface area contributed by atoms with Gasteiger partial charge in [-0.25, -0.2) is 0 Å². The van der Waals surface area contributed by atoms with Gasteiger partial charge in [-0.3, -0.25) is 5.10 Å². The van der Waals surface area contributed by atoms with Crippen molar-refractivity contribution in [2.75, 3.05) is 18.4 Å². The maximum atomic E-state index is 4.49. The van der Waals surface area contributed by atoms with Crippen LogP contribution in [0, 0.1) is 12.8 Å². The number of piperidine rings is 1. The van der Waals surface area contributed by atoms with Crippen molar-refractivity contribution in [3.05, 3.63) is 75.8 Å². The molecule has 2 aromatic heterocycles. The Labute approximate surface area is 188 Å². The van der Waals surface area contributed by atoms with E-state index in [1.165, 1.54) is 34.4 Å². The Hall–Kier alpha value is -2.89. The third-order valence-electron chi connectivity index (χ3n) is 6.09. The molecular weight excluding hydrogens is 400 g/mol. The minimum absolute atomic E-state index is 0.656. The van der Waals surface area contributed by atoms with E-state index >= 15 is 0 Å². The monoisotopic (exact) mass is 430 g/mol. The van der Waals surface area contributed by atoms with Gasteiger partial charge in [0.05, 0.1) is 11.0 Å². The summed E-state index contributed by atoms with van der Waals surface area (Å²) in [7, 11) is 0. The smallest absolute Gasteiger partial charge is 0.115 e. The molecule has 4 nitrogen and oxygen atoms in total. The van der Waals surface area contributed by atoms with Crippen molar-refractivity contribution in [1.29, 1.82) is 0 Å². The lowest BCUT2D eigenvalue weighted by Crippen LogP contribution is -2.28. The summed E-state index contributed by atoms with van der Waals surface area (Å²) in [5, 5.41) is 18.4. The Morgan fingerprint density at radius 1 is 1.23 bits per heavy atom. The van der Waals surface area contributed by atoms with E-state index in [0.29, 0.717) is 5.92 Å². The second-order valence-corrected chi connectivity index (χ2v) is 9.07. The van der Waals surface area contributed by atoms with Crippen LogP contribution in [0.2, 0.25) is 0 Å². The zero-order valence-electron chi connectivity index (χ0n) is 18.3. The van der Waals surface area contributed by atoms with Gasteiger partial charge in [-0.05, 0) is 80.4 Å². The van der Waals surface area contributed by atoms with E-state index in [1.54, 1.807) is 11.3 Å². The summed E-state index contributed by atoms with van der Waals surface area (Å²) >= 11 is 1.75. The number of aromatic amines is 1. The van der Waals surface area contributed by atoms with E-state index in [9.17, 15) is 0 Å². The van der Waals surface area contributed by atoms with E-state index in [0.717, 1.165) is 40.7 Å². The van der Waals surface area contributed by atoms with E-state index in [-0.39, 0.29) is 0 Å². The summed E-state index contributed by atoms with van der Waals surface area (Å²) in [6.45, 7) is 15.0. The first-order valence-electron chi connectivity index (χ1n) is 10.8.